The molecule has 2 fully saturated rings. The topological polar surface area (TPSA) is 122 Å². The second kappa shape index (κ2) is 8.21. The molecule has 2 aromatic rings. The molecule has 4 atom stereocenters. The van der Waals surface area contributed by atoms with Crippen LogP contribution in [0.15, 0.2) is 42.5 Å². The maximum atomic E-state index is 13.8. The predicted octanol–water partition coefficient (Wildman–Crippen LogP) is 2.48. The minimum atomic E-state index is -1.52. The fourth-order valence-electron chi connectivity index (χ4n) is 5.61. The highest BCUT2D eigenvalue weighted by atomic mass is 35.5. The number of halogens is 1. The summed E-state index contributed by atoms with van der Waals surface area (Å²) in [5, 5.41) is 6.35. The number of unbranched alkanes of at least 4 members (excludes halogenated alkanes) is 1. The van der Waals surface area contributed by atoms with Crippen molar-refractivity contribution in [2.24, 2.45) is 17.6 Å². The van der Waals surface area contributed by atoms with Crippen LogP contribution in [0, 0.1) is 11.8 Å². The second-order valence-corrected chi connectivity index (χ2v) is 9.60. The quantitative estimate of drug-likeness (QED) is 0.548. The summed E-state index contributed by atoms with van der Waals surface area (Å²) in [6.45, 7) is 2.12. The predicted molar refractivity (Wildman–Crippen MR) is 127 cm³/mol. The SMILES string of the molecule is CCCCc1ccc(N2C(=O)[C@@H]3[C@@H](C2=O)[C@@]2(N[C@@H]3CC(N)=O)C(=O)Nc3ccc(Cl)cc32)cc1. The minimum absolute atomic E-state index is 0.186. The molecule has 0 aliphatic carbocycles. The summed E-state index contributed by atoms with van der Waals surface area (Å²) in [7, 11) is 0. The summed E-state index contributed by atoms with van der Waals surface area (Å²) < 4.78 is 0. The molecule has 9 heteroatoms. The van der Waals surface area contributed by atoms with Gasteiger partial charge in [0.1, 0.15) is 5.54 Å². The van der Waals surface area contributed by atoms with Crippen LogP contribution in [0.25, 0.3) is 0 Å². The van der Waals surface area contributed by atoms with Crippen molar-refractivity contribution in [1.82, 2.24) is 5.32 Å². The summed E-state index contributed by atoms with van der Waals surface area (Å²) >= 11 is 6.23. The zero-order valence-electron chi connectivity index (χ0n) is 18.6. The zero-order valence-corrected chi connectivity index (χ0v) is 19.4. The lowest BCUT2D eigenvalue weighted by molar-refractivity contribution is -0.130. The number of primary amides is 1. The van der Waals surface area contributed by atoms with Gasteiger partial charge in [-0.3, -0.25) is 24.5 Å². The number of carbonyl (C=O) groups is 4. The largest absolute Gasteiger partial charge is 0.370 e. The smallest absolute Gasteiger partial charge is 0.250 e. The molecule has 5 rings (SSSR count). The van der Waals surface area contributed by atoms with Gasteiger partial charge in [0.15, 0.2) is 0 Å². The first-order valence-electron chi connectivity index (χ1n) is 11.4. The summed E-state index contributed by atoms with van der Waals surface area (Å²) in [5.41, 5.74) is 6.52. The van der Waals surface area contributed by atoms with Crippen molar-refractivity contribution < 1.29 is 19.2 Å². The van der Waals surface area contributed by atoms with E-state index in [1.807, 2.05) is 12.1 Å². The fourth-order valence-corrected chi connectivity index (χ4v) is 5.78. The molecule has 2 saturated heterocycles. The highest BCUT2D eigenvalue weighted by Gasteiger charge is 2.70. The Balaban J connectivity index is 1.59. The van der Waals surface area contributed by atoms with Crippen molar-refractivity contribution >= 4 is 46.6 Å². The number of nitrogens with one attached hydrogen (secondary N) is 2. The van der Waals surface area contributed by atoms with Crippen molar-refractivity contribution in [2.45, 2.75) is 44.2 Å². The molecule has 176 valence electrons. The first-order chi connectivity index (χ1) is 16.3. The number of benzene rings is 2. The molecule has 0 aromatic heterocycles. The van der Waals surface area contributed by atoms with Crippen LogP contribution in [0.1, 0.15) is 37.3 Å². The number of fused-ring (bicyclic) bond motifs is 4. The molecule has 1 spiro atoms. The Morgan fingerprint density at radius 1 is 1.12 bits per heavy atom. The summed E-state index contributed by atoms with van der Waals surface area (Å²) in [4.78, 5) is 53.8. The van der Waals surface area contributed by atoms with Gasteiger partial charge in [0.25, 0.3) is 0 Å². The van der Waals surface area contributed by atoms with E-state index in [4.69, 9.17) is 17.3 Å². The Labute approximate surface area is 201 Å². The Hall–Kier alpha value is -3.23. The third-order valence-electron chi connectivity index (χ3n) is 7.11. The van der Waals surface area contributed by atoms with Crippen molar-refractivity contribution in [3.05, 3.63) is 58.6 Å². The highest BCUT2D eigenvalue weighted by molar-refractivity contribution is 6.31. The van der Waals surface area contributed by atoms with E-state index in [0.29, 0.717) is 22.0 Å². The summed E-state index contributed by atoms with van der Waals surface area (Å²) in [6.07, 6.45) is 2.84. The molecule has 4 N–H and O–H groups in total. The number of hydrogen-bond donors (Lipinski definition) is 3. The lowest BCUT2D eigenvalue weighted by Crippen LogP contribution is -2.53. The number of nitrogens with zero attached hydrogens (tertiary/aromatic N) is 1. The lowest BCUT2D eigenvalue weighted by atomic mass is 9.76. The number of carbonyl (C=O) groups excluding carboxylic acids is 4. The Bertz CT molecular complexity index is 1210. The molecule has 0 radical (unpaired) electrons. The summed E-state index contributed by atoms with van der Waals surface area (Å²) in [6, 6.07) is 11.5. The monoisotopic (exact) mass is 480 g/mol. The number of aryl methyl sites for hydroxylation is 1. The van der Waals surface area contributed by atoms with Gasteiger partial charge in [0.2, 0.25) is 23.6 Å². The van der Waals surface area contributed by atoms with E-state index < -0.39 is 47.0 Å². The zero-order chi connectivity index (χ0) is 24.2. The molecule has 34 heavy (non-hydrogen) atoms. The van der Waals surface area contributed by atoms with Crippen LogP contribution in [-0.2, 0) is 31.1 Å². The molecule has 0 unspecified atom stereocenters. The third kappa shape index (κ3) is 3.24. The van der Waals surface area contributed by atoms with E-state index in [9.17, 15) is 19.2 Å². The van der Waals surface area contributed by atoms with Gasteiger partial charge < -0.3 is 11.1 Å². The van der Waals surface area contributed by atoms with Crippen LogP contribution >= 0.6 is 11.6 Å². The molecule has 4 amide bonds. The molecule has 0 saturated carbocycles. The van der Waals surface area contributed by atoms with Gasteiger partial charge in [-0.1, -0.05) is 37.1 Å². The van der Waals surface area contributed by atoms with Crippen LogP contribution in [0.4, 0.5) is 11.4 Å². The maximum Gasteiger partial charge on any atom is 0.250 e. The fraction of sp³-hybridized carbons (Fsp3) is 0.360. The number of nitrogens with two attached hydrogens (primary N) is 1. The van der Waals surface area contributed by atoms with Crippen molar-refractivity contribution in [2.75, 3.05) is 10.2 Å². The number of rotatable bonds is 6. The van der Waals surface area contributed by atoms with Crippen molar-refractivity contribution in [3.8, 4) is 0 Å². The van der Waals surface area contributed by atoms with E-state index in [2.05, 4.69) is 17.6 Å². The van der Waals surface area contributed by atoms with Gasteiger partial charge in [0.05, 0.1) is 17.5 Å². The Morgan fingerprint density at radius 3 is 2.53 bits per heavy atom. The van der Waals surface area contributed by atoms with Crippen molar-refractivity contribution in [1.29, 1.82) is 0 Å². The number of anilines is 2. The Morgan fingerprint density at radius 2 is 1.85 bits per heavy atom. The van der Waals surface area contributed by atoms with Gasteiger partial charge in [-0.25, -0.2) is 4.90 Å². The molecular weight excluding hydrogens is 456 g/mol. The van der Waals surface area contributed by atoms with Gasteiger partial charge in [-0.05, 0) is 48.7 Å². The molecule has 8 nitrogen and oxygen atoms in total. The third-order valence-corrected chi connectivity index (χ3v) is 7.35. The van der Waals surface area contributed by atoms with Gasteiger partial charge in [-0.15, -0.1) is 0 Å². The standard InChI is InChI=1S/C25H25ClN4O4/c1-2-3-4-13-5-8-15(9-6-13)30-22(32)20-18(12-19(27)31)29-25(21(20)23(30)33)16-11-14(26)7-10-17(16)28-24(25)34/h5-11,18,20-21,29H,2-4,12H2,1H3,(H2,27,31)(H,28,34)/t18-,20+,21+,25-/m1/s1. The normalized spacial score (nSPS) is 27.3. The van der Waals surface area contributed by atoms with Crippen LogP contribution in [-0.4, -0.2) is 29.7 Å². The van der Waals surface area contributed by atoms with Gasteiger partial charge >= 0.3 is 0 Å². The van der Waals surface area contributed by atoms with Gasteiger partial charge in [-0.2, -0.15) is 0 Å². The number of imide groups is 1. The first-order valence-corrected chi connectivity index (χ1v) is 11.8. The average molecular weight is 481 g/mol. The minimum Gasteiger partial charge on any atom is -0.370 e. The van der Waals surface area contributed by atoms with Crippen LogP contribution in [0.2, 0.25) is 5.02 Å². The van der Waals surface area contributed by atoms with E-state index in [-0.39, 0.29) is 6.42 Å². The second-order valence-electron chi connectivity index (χ2n) is 9.16. The first kappa shape index (κ1) is 22.6. The Kier molecular flexibility index (Phi) is 5.45. The van der Waals surface area contributed by atoms with E-state index in [1.165, 1.54) is 0 Å². The molecule has 3 aliphatic heterocycles. The van der Waals surface area contributed by atoms with E-state index >= 15 is 0 Å². The van der Waals surface area contributed by atoms with Crippen molar-refractivity contribution in [3.63, 3.8) is 0 Å². The van der Waals surface area contributed by atoms with E-state index in [1.54, 1.807) is 30.3 Å². The van der Waals surface area contributed by atoms with Crippen LogP contribution in [0.3, 0.4) is 0 Å². The molecular formula is C25H25ClN4O4. The number of amides is 4. The summed E-state index contributed by atoms with van der Waals surface area (Å²) in [5.74, 6) is -3.98. The average Bonchev–Trinajstić information content (AvgIpc) is 3.37. The number of hydrogen-bond acceptors (Lipinski definition) is 5. The molecule has 3 aliphatic rings. The van der Waals surface area contributed by atoms with Gasteiger partial charge in [0, 0.05) is 28.7 Å². The van der Waals surface area contributed by atoms with Crippen LogP contribution < -0.4 is 21.3 Å². The molecule has 2 aromatic carbocycles. The highest BCUT2D eigenvalue weighted by Crippen LogP contribution is 2.54. The van der Waals surface area contributed by atoms with Crippen LogP contribution in [0.5, 0.6) is 0 Å². The van der Waals surface area contributed by atoms with E-state index in [0.717, 1.165) is 29.7 Å². The molecule has 0 bridgehead atoms. The molecule has 3 heterocycles. The maximum absolute atomic E-state index is 13.8. The lowest BCUT2D eigenvalue weighted by Gasteiger charge is -2.29.